The van der Waals surface area contributed by atoms with Crippen LogP contribution in [-0.2, 0) is 4.79 Å². The van der Waals surface area contributed by atoms with Gasteiger partial charge in [0.15, 0.2) is 0 Å². The molecule has 1 aromatic carbocycles. The lowest BCUT2D eigenvalue weighted by Crippen LogP contribution is -2.37. The number of hydrazine groups is 1. The highest BCUT2D eigenvalue weighted by Gasteiger charge is 2.11. The van der Waals surface area contributed by atoms with Gasteiger partial charge in [-0.05, 0) is 26.0 Å². The van der Waals surface area contributed by atoms with E-state index in [1.54, 1.807) is 19.1 Å². The van der Waals surface area contributed by atoms with Crippen molar-refractivity contribution in [2.45, 2.75) is 13.8 Å². The summed E-state index contributed by atoms with van der Waals surface area (Å²) in [5, 5.41) is 1.10. The van der Waals surface area contributed by atoms with Crippen molar-refractivity contribution in [1.29, 1.82) is 0 Å². The van der Waals surface area contributed by atoms with Gasteiger partial charge < -0.3 is 0 Å². The van der Waals surface area contributed by atoms with Crippen LogP contribution in [-0.4, -0.2) is 5.91 Å². The van der Waals surface area contributed by atoms with Crippen molar-refractivity contribution in [3.8, 4) is 0 Å². The Kier molecular flexibility index (Phi) is 3.04. The Morgan fingerprint density at radius 2 is 1.86 bits per heavy atom. The van der Waals surface area contributed by atoms with E-state index in [0.717, 1.165) is 10.6 Å². The molecule has 0 spiro atoms. The summed E-state index contributed by atoms with van der Waals surface area (Å²) < 4.78 is 0. The van der Waals surface area contributed by atoms with Crippen molar-refractivity contribution in [2.75, 3.05) is 5.01 Å². The van der Waals surface area contributed by atoms with Crippen LogP contribution >= 0.6 is 0 Å². The molecule has 0 saturated heterocycles. The van der Waals surface area contributed by atoms with Crippen LogP contribution in [0, 0.1) is 6.92 Å². The Morgan fingerprint density at radius 1 is 1.36 bits per heavy atom. The summed E-state index contributed by atoms with van der Waals surface area (Å²) in [7, 11) is 0. The molecule has 0 aliphatic carbocycles. The van der Waals surface area contributed by atoms with Gasteiger partial charge >= 0.3 is 0 Å². The first kappa shape index (κ1) is 10.5. The molecule has 14 heavy (non-hydrogen) atoms. The van der Waals surface area contributed by atoms with Crippen LogP contribution in [0.25, 0.3) is 0 Å². The summed E-state index contributed by atoms with van der Waals surface area (Å²) >= 11 is 0. The monoisotopic (exact) mass is 190 g/mol. The highest BCUT2D eigenvalue weighted by molar-refractivity contribution is 6.03. The SMILES string of the molecule is C=C(C)C(=O)N(N)c1ccc(C)cc1. The minimum Gasteiger partial charge on any atom is -0.268 e. The van der Waals surface area contributed by atoms with Gasteiger partial charge in [-0.2, -0.15) is 0 Å². The lowest BCUT2D eigenvalue weighted by atomic mass is 10.2. The molecule has 0 unspecified atom stereocenters. The van der Waals surface area contributed by atoms with E-state index in [1.165, 1.54) is 0 Å². The van der Waals surface area contributed by atoms with E-state index in [4.69, 9.17) is 5.84 Å². The standard InChI is InChI=1S/C11H14N2O/c1-8(2)11(14)13(12)10-6-4-9(3)5-7-10/h4-7H,1,12H2,2-3H3. The Labute approximate surface area is 83.8 Å². The normalized spacial score (nSPS) is 9.64. The van der Waals surface area contributed by atoms with Gasteiger partial charge in [0.25, 0.3) is 5.91 Å². The fourth-order valence-corrected chi connectivity index (χ4v) is 1.03. The summed E-state index contributed by atoms with van der Waals surface area (Å²) in [6.45, 7) is 7.16. The highest BCUT2D eigenvalue weighted by Crippen LogP contribution is 2.13. The van der Waals surface area contributed by atoms with E-state index < -0.39 is 0 Å². The second-order valence-corrected chi connectivity index (χ2v) is 3.29. The minimum absolute atomic E-state index is 0.270. The van der Waals surface area contributed by atoms with Gasteiger partial charge in [0.05, 0.1) is 5.69 Å². The Morgan fingerprint density at radius 3 is 2.29 bits per heavy atom. The summed E-state index contributed by atoms with van der Waals surface area (Å²) in [6.07, 6.45) is 0. The summed E-state index contributed by atoms with van der Waals surface area (Å²) in [5.41, 5.74) is 2.22. The van der Waals surface area contributed by atoms with E-state index in [9.17, 15) is 4.79 Å². The number of hydrogen-bond donors (Lipinski definition) is 1. The number of anilines is 1. The van der Waals surface area contributed by atoms with E-state index in [-0.39, 0.29) is 5.91 Å². The zero-order chi connectivity index (χ0) is 10.7. The minimum atomic E-state index is -0.270. The lowest BCUT2D eigenvalue weighted by Gasteiger charge is -2.16. The van der Waals surface area contributed by atoms with Crippen molar-refractivity contribution in [3.05, 3.63) is 42.0 Å². The third kappa shape index (κ3) is 2.20. The molecule has 0 aromatic heterocycles. The highest BCUT2D eigenvalue weighted by atomic mass is 16.2. The van der Waals surface area contributed by atoms with Gasteiger partial charge in [0.1, 0.15) is 0 Å². The zero-order valence-electron chi connectivity index (χ0n) is 8.45. The van der Waals surface area contributed by atoms with Gasteiger partial charge in [0, 0.05) is 5.57 Å². The van der Waals surface area contributed by atoms with Gasteiger partial charge in [-0.15, -0.1) is 0 Å². The van der Waals surface area contributed by atoms with Crippen molar-refractivity contribution in [3.63, 3.8) is 0 Å². The average Bonchev–Trinajstić information content (AvgIpc) is 2.16. The Balaban J connectivity index is 2.89. The molecule has 0 radical (unpaired) electrons. The average molecular weight is 190 g/mol. The molecule has 0 bridgehead atoms. The predicted octanol–water partition coefficient (Wildman–Crippen LogP) is 1.78. The second kappa shape index (κ2) is 4.07. The van der Waals surface area contributed by atoms with Crippen molar-refractivity contribution < 1.29 is 4.79 Å². The van der Waals surface area contributed by atoms with Gasteiger partial charge in [-0.1, -0.05) is 24.3 Å². The molecule has 3 heteroatoms. The second-order valence-electron chi connectivity index (χ2n) is 3.29. The first-order valence-corrected chi connectivity index (χ1v) is 4.33. The number of nitrogens with zero attached hydrogens (tertiary/aromatic N) is 1. The topological polar surface area (TPSA) is 46.3 Å². The molecule has 0 aliphatic heterocycles. The molecule has 0 fully saturated rings. The Bertz CT molecular complexity index is 354. The predicted molar refractivity (Wildman–Crippen MR) is 57.7 cm³/mol. The first-order valence-electron chi connectivity index (χ1n) is 4.33. The maximum atomic E-state index is 11.4. The third-order valence-electron chi connectivity index (χ3n) is 1.90. The molecule has 0 aliphatic rings. The zero-order valence-corrected chi connectivity index (χ0v) is 8.45. The molecule has 3 nitrogen and oxygen atoms in total. The first-order chi connectivity index (χ1) is 6.52. The van der Waals surface area contributed by atoms with Crippen LogP contribution in [0.3, 0.4) is 0 Å². The fraction of sp³-hybridized carbons (Fsp3) is 0.182. The number of nitrogens with two attached hydrogens (primary N) is 1. The van der Waals surface area contributed by atoms with Gasteiger partial charge in [0.2, 0.25) is 0 Å². The lowest BCUT2D eigenvalue weighted by molar-refractivity contribution is -0.115. The number of benzene rings is 1. The molecular formula is C11H14N2O. The molecule has 2 N–H and O–H groups in total. The van der Waals surface area contributed by atoms with Crippen LogP contribution in [0.1, 0.15) is 12.5 Å². The summed E-state index contributed by atoms with van der Waals surface area (Å²) in [4.78, 5) is 11.4. The molecule has 0 atom stereocenters. The van der Waals surface area contributed by atoms with Crippen molar-refractivity contribution in [1.82, 2.24) is 0 Å². The van der Waals surface area contributed by atoms with E-state index in [2.05, 4.69) is 6.58 Å². The Hall–Kier alpha value is -1.61. The van der Waals surface area contributed by atoms with Crippen LogP contribution in [0.2, 0.25) is 0 Å². The number of rotatable bonds is 2. The number of hydrogen-bond acceptors (Lipinski definition) is 2. The number of amides is 1. The fourth-order valence-electron chi connectivity index (χ4n) is 1.03. The maximum Gasteiger partial charge on any atom is 0.267 e. The van der Waals surface area contributed by atoms with Crippen molar-refractivity contribution >= 4 is 11.6 Å². The third-order valence-corrected chi connectivity index (χ3v) is 1.90. The largest absolute Gasteiger partial charge is 0.268 e. The van der Waals surface area contributed by atoms with Gasteiger partial charge in [-0.3, -0.25) is 4.79 Å². The van der Waals surface area contributed by atoms with Crippen molar-refractivity contribution in [2.24, 2.45) is 5.84 Å². The summed E-state index contributed by atoms with van der Waals surface area (Å²) in [5.74, 6) is 5.34. The number of aryl methyl sites for hydroxylation is 1. The van der Waals surface area contributed by atoms with E-state index in [0.29, 0.717) is 11.3 Å². The van der Waals surface area contributed by atoms with Crippen LogP contribution in [0.15, 0.2) is 36.4 Å². The van der Waals surface area contributed by atoms with E-state index >= 15 is 0 Å². The molecular weight excluding hydrogens is 176 g/mol. The number of carbonyl (C=O) groups is 1. The number of carbonyl (C=O) groups excluding carboxylic acids is 1. The molecule has 1 aromatic rings. The molecule has 1 amide bonds. The molecule has 1 rings (SSSR count). The van der Waals surface area contributed by atoms with Crippen LogP contribution < -0.4 is 10.9 Å². The molecule has 0 saturated carbocycles. The maximum absolute atomic E-state index is 11.4. The van der Waals surface area contributed by atoms with Crippen LogP contribution in [0.5, 0.6) is 0 Å². The van der Waals surface area contributed by atoms with Gasteiger partial charge in [-0.25, -0.2) is 10.9 Å². The molecule has 74 valence electrons. The quantitative estimate of drug-likeness (QED) is 0.334. The van der Waals surface area contributed by atoms with E-state index in [1.807, 2.05) is 19.1 Å². The smallest absolute Gasteiger partial charge is 0.267 e. The molecule has 0 heterocycles. The van der Waals surface area contributed by atoms with Crippen LogP contribution in [0.4, 0.5) is 5.69 Å². The summed E-state index contributed by atoms with van der Waals surface area (Å²) in [6, 6.07) is 7.41.